The van der Waals surface area contributed by atoms with E-state index in [1.807, 2.05) is 0 Å². The molecule has 6 nitrogen and oxygen atoms in total. The SMILES string of the molecule is CC1CCC(F)C2CC(C(=O)N[C@@H]3CCC[C@@H](N4CCN(C(=O)C(F)F)CC4)C3)NC12. The molecule has 0 bridgehead atoms. The van der Waals surface area contributed by atoms with Gasteiger partial charge in [-0.15, -0.1) is 0 Å². The smallest absolute Gasteiger partial charge is 0.315 e. The highest BCUT2D eigenvalue weighted by Crippen LogP contribution is 2.38. The first kappa shape index (κ1) is 22.8. The third-order valence-electron chi connectivity index (χ3n) is 7.98. The quantitative estimate of drug-likeness (QED) is 0.696. The molecule has 2 saturated carbocycles. The van der Waals surface area contributed by atoms with Gasteiger partial charge in [-0.2, -0.15) is 8.78 Å². The van der Waals surface area contributed by atoms with E-state index >= 15 is 0 Å². The lowest BCUT2D eigenvalue weighted by atomic mass is 9.77. The van der Waals surface area contributed by atoms with Gasteiger partial charge in [-0.3, -0.25) is 14.5 Å². The van der Waals surface area contributed by atoms with Crippen LogP contribution >= 0.6 is 0 Å². The van der Waals surface area contributed by atoms with Gasteiger partial charge in [0.2, 0.25) is 5.91 Å². The third kappa shape index (κ3) is 5.02. The Bertz CT molecular complexity index is 641. The summed E-state index contributed by atoms with van der Waals surface area (Å²) in [6.07, 6.45) is 2.04. The van der Waals surface area contributed by atoms with Crippen molar-refractivity contribution in [1.29, 1.82) is 0 Å². The van der Waals surface area contributed by atoms with E-state index < -0.39 is 18.5 Å². The number of carbonyl (C=O) groups is 2. The van der Waals surface area contributed by atoms with Crippen molar-refractivity contribution in [3.05, 3.63) is 0 Å². The van der Waals surface area contributed by atoms with Crippen LogP contribution in [0.5, 0.6) is 0 Å². The number of nitrogens with zero attached hydrogens (tertiary/aromatic N) is 2. The van der Waals surface area contributed by atoms with Crippen molar-refractivity contribution in [3.63, 3.8) is 0 Å². The minimum atomic E-state index is -2.94. The Hall–Kier alpha value is -1.35. The van der Waals surface area contributed by atoms with Gasteiger partial charge in [-0.05, 0) is 50.9 Å². The van der Waals surface area contributed by atoms with E-state index in [-0.39, 0.29) is 36.0 Å². The van der Waals surface area contributed by atoms with Gasteiger partial charge in [0.1, 0.15) is 6.17 Å². The van der Waals surface area contributed by atoms with Crippen molar-refractivity contribution in [2.45, 2.75) is 88.6 Å². The van der Waals surface area contributed by atoms with Crippen LogP contribution in [0.1, 0.15) is 51.9 Å². The van der Waals surface area contributed by atoms with Crippen LogP contribution < -0.4 is 10.6 Å². The first-order valence-electron chi connectivity index (χ1n) is 11.8. The molecule has 2 N–H and O–H groups in total. The van der Waals surface area contributed by atoms with Crippen LogP contribution in [0.15, 0.2) is 0 Å². The molecule has 4 aliphatic rings. The van der Waals surface area contributed by atoms with E-state index in [9.17, 15) is 22.8 Å². The standard InChI is InChI=1S/C22H35F3N4O2/c1-13-5-6-17(23)16-12-18(27-19(13)16)21(30)26-14-3-2-4-15(11-14)28-7-9-29(10-8-28)22(31)20(24)25/h13-20,27H,2-12H2,1H3,(H,26,30)/t13?,14-,15-,16?,17?,18?,19?/m1/s1. The molecule has 2 saturated heterocycles. The van der Waals surface area contributed by atoms with Crippen molar-refractivity contribution < 1.29 is 22.8 Å². The summed E-state index contributed by atoms with van der Waals surface area (Å²) in [7, 11) is 0. The van der Waals surface area contributed by atoms with Crippen molar-refractivity contribution in [1.82, 2.24) is 20.4 Å². The lowest BCUT2D eigenvalue weighted by Gasteiger charge is -2.42. The molecular formula is C22H35F3N4O2. The molecule has 0 spiro atoms. The second-order valence-corrected chi connectivity index (χ2v) is 9.90. The minimum Gasteiger partial charge on any atom is -0.352 e. The molecule has 4 fully saturated rings. The fourth-order valence-electron chi connectivity index (χ4n) is 6.17. The van der Waals surface area contributed by atoms with Crippen molar-refractivity contribution in [2.24, 2.45) is 11.8 Å². The molecule has 0 radical (unpaired) electrons. The summed E-state index contributed by atoms with van der Waals surface area (Å²) in [5.41, 5.74) is 0. The number of hydrogen-bond donors (Lipinski definition) is 2. The molecule has 4 rings (SSSR count). The topological polar surface area (TPSA) is 64.7 Å². The first-order valence-corrected chi connectivity index (χ1v) is 11.8. The number of piperazine rings is 1. The van der Waals surface area contributed by atoms with Gasteiger partial charge in [0.25, 0.3) is 5.91 Å². The summed E-state index contributed by atoms with van der Waals surface area (Å²) in [5.74, 6) is -0.773. The molecule has 9 heteroatoms. The van der Waals surface area contributed by atoms with Crippen LogP contribution in [-0.2, 0) is 9.59 Å². The highest BCUT2D eigenvalue weighted by molar-refractivity contribution is 5.82. The van der Waals surface area contributed by atoms with E-state index in [2.05, 4.69) is 22.5 Å². The maximum atomic E-state index is 14.3. The molecule has 2 aliphatic heterocycles. The summed E-state index contributed by atoms with van der Waals surface area (Å²) >= 11 is 0. The normalized spacial score (nSPS) is 39.4. The number of alkyl halides is 3. The first-order chi connectivity index (χ1) is 14.8. The fraction of sp³-hybridized carbons (Fsp3) is 0.909. The van der Waals surface area contributed by atoms with Gasteiger partial charge < -0.3 is 15.5 Å². The van der Waals surface area contributed by atoms with Crippen LogP contribution in [0.25, 0.3) is 0 Å². The average Bonchev–Trinajstić information content (AvgIpc) is 3.23. The number of amides is 2. The van der Waals surface area contributed by atoms with Gasteiger partial charge in [0, 0.05) is 50.2 Å². The van der Waals surface area contributed by atoms with Gasteiger partial charge in [-0.1, -0.05) is 6.92 Å². The van der Waals surface area contributed by atoms with Crippen LogP contribution in [0.4, 0.5) is 13.2 Å². The molecule has 2 amide bonds. The Kier molecular flexibility index (Phi) is 7.10. The summed E-state index contributed by atoms with van der Waals surface area (Å²) < 4.78 is 39.6. The Morgan fingerprint density at radius 3 is 2.45 bits per heavy atom. The van der Waals surface area contributed by atoms with Crippen LogP contribution in [0.3, 0.4) is 0 Å². The van der Waals surface area contributed by atoms with E-state index in [1.54, 1.807) is 0 Å². The molecule has 176 valence electrons. The van der Waals surface area contributed by atoms with Gasteiger partial charge in [-0.25, -0.2) is 4.39 Å². The number of rotatable bonds is 4. The molecular weight excluding hydrogens is 409 g/mol. The Morgan fingerprint density at radius 1 is 1.03 bits per heavy atom. The zero-order valence-electron chi connectivity index (χ0n) is 18.2. The maximum absolute atomic E-state index is 14.3. The maximum Gasteiger partial charge on any atom is 0.315 e. The fourth-order valence-corrected chi connectivity index (χ4v) is 6.17. The second kappa shape index (κ2) is 9.65. The van der Waals surface area contributed by atoms with E-state index in [0.717, 1.165) is 32.1 Å². The molecule has 0 aromatic carbocycles. The number of halogens is 3. The summed E-state index contributed by atoms with van der Waals surface area (Å²) in [6.45, 7) is 3.97. The van der Waals surface area contributed by atoms with Gasteiger partial charge >= 0.3 is 6.43 Å². The second-order valence-electron chi connectivity index (χ2n) is 9.90. The van der Waals surface area contributed by atoms with Crippen molar-refractivity contribution in [3.8, 4) is 0 Å². The monoisotopic (exact) mass is 444 g/mol. The largest absolute Gasteiger partial charge is 0.352 e. The van der Waals surface area contributed by atoms with Gasteiger partial charge in [0.15, 0.2) is 0 Å². The Labute approximate surface area is 182 Å². The number of fused-ring (bicyclic) bond motifs is 1. The van der Waals surface area contributed by atoms with Crippen molar-refractivity contribution in [2.75, 3.05) is 26.2 Å². The minimum absolute atomic E-state index is 0.0215. The van der Waals surface area contributed by atoms with Crippen molar-refractivity contribution >= 4 is 11.8 Å². The molecule has 0 aromatic heterocycles. The lowest BCUT2D eigenvalue weighted by Crippen LogP contribution is -2.56. The van der Waals surface area contributed by atoms with Crippen LogP contribution in [-0.4, -0.2) is 84.6 Å². The molecule has 2 heterocycles. The van der Waals surface area contributed by atoms with Crippen LogP contribution in [0.2, 0.25) is 0 Å². The number of carbonyl (C=O) groups excluding carboxylic acids is 2. The Morgan fingerprint density at radius 2 is 1.77 bits per heavy atom. The van der Waals surface area contributed by atoms with E-state index in [1.165, 1.54) is 4.90 Å². The summed E-state index contributed by atoms with van der Waals surface area (Å²) in [4.78, 5) is 27.9. The lowest BCUT2D eigenvalue weighted by molar-refractivity contribution is -0.145. The predicted molar refractivity (Wildman–Crippen MR) is 110 cm³/mol. The average molecular weight is 445 g/mol. The molecule has 31 heavy (non-hydrogen) atoms. The molecule has 5 unspecified atom stereocenters. The zero-order chi connectivity index (χ0) is 22.1. The van der Waals surface area contributed by atoms with Gasteiger partial charge in [0.05, 0.1) is 6.04 Å². The molecule has 7 atom stereocenters. The summed E-state index contributed by atoms with van der Waals surface area (Å²) in [5, 5.41) is 6.60. The predicted octanol–water partition coefficient (Wildman–Crippen LogP) is 1.94. The zero-order valence-corrected chi connectivity index (χ0v) is 18.2. The van der Waals surface area contributed by atoms with E-state index in [0.29, 0.717) is 44.9 Å². The summed E-state index contributed by atoms with van der Waals surface area (Å²) in [6, 6.07) is 0.135. The highest BCUT2D eigenvalue weighted by atomic mass is 19.3. The third-order valence-corrected chi connectivity index (χ3v) is 7.98. The molecule has 0 aromatic rings. The van der Waals surface area contributed by atoms with E-state index in [4.69, 9.17) is 0 Å². The number of hydrogen-bond acceptors (Lipinski definition) is 4. The molecule has 2 aliphatic carbocycles. The number of nitrogens with one attached hydrogen (secondary N) is 2. The van der Waals surface area contributed by atoms with Crippen LogP contribution in [0, 0.1) is 11.8 Å². The Balaban J connectivity index is 1.26. The highest BCUT2D eigenvalue weighted by Gasteiger charge is 2.46.